The summed E-state index contributed by atoms with van der Waals surface area (Å²) < 4.78 is 1.15. The monoisotopic (exact) mass is 304 g/mol. The number of benzene rings is 1. The molecule has 0 aliphatic carbocycles. The summed E-state index contributed by atoms with van der Waals surface area (Å²) in [4.78, 5) is 4.30. The van der Waals surface area contributed by atoms with Crippen LogP contribution in [-0.4, -0.2) is 4.98 Å². The van der Waals surface area contributed by atoms with Gasteiger partial charge in [-0.05, 0) is 49.1 Å². The Morgan fingerprint density at radius 2 is 1.67 bits per heavy atom. The molecule has 0 aliphatic rings. The van der Waals surface area contributed by atoms with Gasteiger partial charge < -0.3 is 5.73 Å². The molecule has 0 saturated carbocycles. The smallest absolute Gasteiger partial charge is 0.0567 e. The van der Waals surface area contributed by atoms with Crippen molar-refractivity contribution in [2.45, 2.75) is 26.8 Å². The summed E-state index contributed by atoms with van der Waals surface area (Å²) in [6.45, 7) is 6.14. The Bertz CT molecular complexity index is 538. The van der Waals surface area contributed by atoms with Gasteiger partial charge in [0.1, 0.15) is 0 Å². The summed E-state index contributed by atoms with van der Waals surface area (Å²) in [6, 6.07) is 8.17. The molecule has 0 aliphatic heterocycles. The van der Waals surface area contributed by atoms with Crippen LogP contribution in [0.2, 0.25) is 0 Å². The third-order valence-electron chi connectivity index (χ3n) is 3.11. The number of hydrogen-bond acceptors (Lipinski definition) is 2. The number of aromatic nitrogens is 1. The SMILES string of the molecule is Cc1ccc(C(N)c2cc(C)c(Br)c(C)c2)cn1. The maximum Gasteiger partial charge on any atom is 0.0567 e. The predicted molar refractivity (Wildman–Crippen MR) is 78.6 cm³/mol. The molecule has 1 heterocycles. The molecule has 1 aromatic heterocycles. The first-order valence-electron chi connectivity index (χ1n) is 5.94. The highest BCUT2D eigenvalue weighted by molar-refractivity contribution is 9.10. The molecule has 2 rings (SSSR count). The first-order chi connectivity index (χ1) is 8.49. The van der Waals surface area contributed by atoms with Crippen molar-refractivity contribution < 1.29 is 0 Å². The molecule has 0 amide bonds. The van der Waals surface area contributed by atoms with E-state index >= 15 is 0 Å². The minimum atomic E-state index is -0.122. The maximum absolute atomic E-state index is 6.30. The third-order valence-corrected chi connectivity index (χ3v) is 4.36. The molecule has 3 heteroatoms. The number of pyridine rings is 1. The zero-order valence-corrected chi connectivity index (χ0v) is 12.5. The fraction of sp³-hybridized carbons (Fsp3) is 0.267. The molecule has 0 saturated heterocycles. The van der Waals surface area contributed by atoms with E-state index in [4.69, 9.17) is 5.73 Å². The van der Waals surface area contributed by atoms with E-state index in [1.165, 1.54) is 11.1 Å². The molecular weight excluding hydrogens is 288 g/mol. The molecule has 1 aromatic carbocycles. The molecule has 2 aromatic rings. The number of halogens is 1. The van der Waals surface area contributed by atoms with E-state index in [1.54, 1.807) is 0 Å². The van der Waals surface area contributed by atoms with Crippen molar-refractivity contribution >= 4 is 15.9 Å². The van der Waals surface area contributed by atoms with Gasteiger partial charge in [-0.1, -0.05) is 34.1 Å². The van der Waals surface area contributed by atoms with Crippen LogP contribution in [0.1, 0.15) is 34.0 Å². The molecule has 2 nitrogen and oxygen atoms in total. The second-order valence-electron chi connectivity index (χ2n) is 4.68. The summed E-state index contributed by atoms with van der Waals surface area (Å²) in [5, 5.41) is 0. The van der Waals surface area contributed by atoms with Crippen molar-refractivity contribution in [3.8, 4) is 0 Å². The van der Waals surface area contributed by atoms with Crippen molar-refractivity contribution in [3.63, 3.8) is 0 Å². The van der Waals surface area contributed by atoms with E-state index in [0.717, 1.165) is 21.3 Å². The highest BCUT2D eigenvalue weighted by atomic mass is 79.9. The molecule has 0 radical (unpaired) electrons. The molecule has 0 fully saturated rings. The first-order valence-corrected chi connectivity index (χ1v) is 6.73. The fourth-order valence-electron chi connectivity index (χ4n) is 2.01. The van der Waals surface area contributed by atoms with Gasteiger partial charge in [-0.2, -0.15) is 0 Å². The molecule has 1 atom stereocenters. The number of rotatable bonds is 2. The predicted octanol–water partition coefficient (Wildman–Crippen LogP) is 3.82. The lowest BCUT2D eigenvalue weighted by Crippen LogP contribution is -2.12. The second kappa shape index (κ2) is 5.21. The van der Waals surface area contributed by atoms with Crippen molar-refractivity contribution in [3.05, 3.63) is 62.9 Å². The van der Waals surface area contributed by atoms with Crippen LogP contribution in [0.5, 0.6) is 0 Å². The van der Waals surface area contributed by atoms with Crippen LogP contribution in [0.3, 0.4) is 0 Å². The van der Waals surface area contributed by atoms with E-state index in [1.807, 2.05) is 25.3 Å². The van der Waals surface area contributed by atoms with E-state index in [0.29, 0.717) is 0 Å². The van der Waals surface area contributed by atoms with Crippen molar-refractivity contribution in [1.82, 2.24) is 4.98 Å². The Kier molecular flexibility index (Phi) is 3.83. The molecule has 0 spiro atoms. The van der Waals surface area contributed by atoms with Crippen LogP contribution in [0.4, 0.5) is 0 Å². The van der Waals surface area contributed by atoms with Gasteiger partial charge in [0.15, 0.2) is 0 Å². The van der Waals surface area contributed by atoms with Gasteiger partial charge in [0.2, 0.25) is 0 Å². The van der Waals surface area contributed by atoms with Gasteiger partial charge in [0, 0.05) is 16.4 Å². The lowest BCUT2D eigenvalue weighted by molar-refractivity contribution is 0.856. The van der Waals surface area contributed by atoms with Crippen LogP contribution in [-0.2, 0) is 0 Å². The van der Waals surface area contributed by atoms with Gasteiger partial charge in [-0.15, -0.1) is 0 Å². The van der Waals surface area contributed by atoms with Gasteiger partial charge in [-0.3, -0.25) is 4.98 Å². The second-order valence-corrected chi connectivity index (χ2v) is 5.47. The van der Waals surface area contributed by atoms with E-state index in [-0.39, 0.29) is 6.04 Å². The van der Waals surface area contributed by atoms with Crippen LogP contribution in [0, 0.1) is 20.8 Å². The summed E-state index contributed by atoms with van der Waals surface area (Å²) in [5.74, 6) is 0. The normalized spacial score (nSPS) is 12.5. The average Bonchev–Trinajstić information content (AvgIpc) is 2.35. The third kappa shape index (κ3) is 2.62. The Hall–Kier alpha value is -1.19. The highest BCUT2D eigenvalue weighted by Gasteiger charge is 2.11. The first kappa shape index (κ1) is 13.2. The van der Waals surface area contributed by atoms with Gasteiger partial charge in [-0.25, -0.2) is 0 Å². The van der Waals surface area contributed by atoms with Crippen molar-refractivity contribution in [2.24, 2.45) is 5.73 Å². The Balaban J connectivity index is 2.39. The number of aryl methyl sites for hydroxylation is 3. The Labute approximate surface area is 116 Å². The summed E-state index contributed by atoms with van der Waals surface area (Å²) in [5.41, 5.74) is 11.9. The van der Waals surface area contributed by atoms with E-state index < -0.39 is 0 Å². The van der Waals surface area contributed by atoms with E-state index in [9.17, 15) is 0 Å². The van der Waals surface area contributed by atoms with Crippen LogP contribution in [0.15, 0.2) is 34.9 Å². The summed E-state index contributed by atoms with van der Waals surface area (Å²) >= 11 is 3.57. The number of nitrogens with two attached hydrogens (primary N) is 1. The van der Waals surface area contributed by atoms with Crippen molar-refractivity contribution in [2.75, 3.05) is 0 Å². The zero-order valence-electron chi connectivity index (χ0n) is 10.9. The summed E-state index contributed by atoms with van der Waals surface area (Å²) in [6.07, 6.45) is 1.85. The van der Waals surface area contributed by atoms with Crippen LogP contribution >= 0.6 is 15.9 Å². The topological polar surface area (TPSA) is 38.9 Å². The molecule has 94 valence electrons. The minimum absolute atomic E-state index is 0.122. The Morgan fingerprint density at radius 1 is 1.06 bits per heavy atom. The van der Waals surface area contributed by atoms with Crippen LogP contribution in [0.25, 0.3) is 0 Å². The lowest BCUT2D eigenvalue weighted by Gasteiger charge is -2.15. The quantitative estimate of drug-likeness (QED) is 0.916. The Morgan fingerprint density at radius 3 is 2.17 bits per heavy atom. The van der Waals surface area contributed by atoms with Crippen molar-refractivity contribution in [1.29, 1.82) is 0 Å². The molecule has 0 bridgehead atoms. The molecule has 1 unspecified atom stereocenters. The number of nitrogens with zero attached hydrogens (tertiary/aromatic N) is 1. The maximum atomic E-state index is 6.30. The highest BCUT2D eigenvalue weighted by Crippen LogP contribution is 2.27. The van der Waals surface area contributed by atoms with Gasteiger partial charge in [0.25, 0.3) is 0 Å². The summed E-state index contributed by atoms with van der Waals surface area (Å²) in [7, 11) is 0. The molecule has 18 heavy (non-hydrogen) atoms. The standard InChI is InChI=1S/C15H17BrN2/c1-9-6-13(7-10(2)14(9)16)15(17)12-5-4-11(3)18-8-12/h4-8,15H,17H2,1-3H3. The van der Waals surface area contributed by atoms with Crippen LogP contribution < -0.4 is 5.73 Å². The fourth-order valence-corrected chi connectivity index (χ4v) is 2.24. The van der Waals surface area contributed by atoms with Gasteiger partial charge >= 0.3 is 0 Å². The molecule has 2 N–H and O–H groups in total. The van der Waals surface area contributed by atoms with E-state index in [2.05, 4.69) is 46.9 Å². The zero-order chi connectivity index (χ0) is 13.3. The van der Waals surface area contributed by atoms with Gasteiger partial charge in [0.05, 0.1) is 6.04 Å². The lowest BCUT2D eigenvalue weighted by atomic mass is 9.97. The minimum Gasteiger partial charge on any atom is -0.320 e. The average molecular weight is 305 g/mol. The molecular formula is C15H17BrN2. The largest absolute Gasteiger partial charge is 0.320 e. The number of hydrogen-bond donors (Lipinski definition) is 1.